The van der Waals surface area contributed by atoms with Crippen LogP contribution in [0.2, 0.25) is 0 Å². The number of aryl methyl sites for hydroxylation is 1. The summed E-state index contributed by atoms with van der Waals surface area (Å²) < 4.78 is 0. The van der Waals surface area contributed by atoms with Crippen LogP contribution < -0.4 is 10.6 Å². The maximum absolute atomic E-state index is 12.4. The van der Waals surface area contributed by atoms with E-state index in [1.165, 1.54) is 11.3 Å². The summed E-state index contributed by atoms with van der Waals surface area (Å²) in [5.41, 5.74) is 1.63. The third kappa shape index (κ3) is 4.92. The zero-order chi connectivity index (χ0) is 19.4. The van der Waals surface area contributed by atoms with E-state index in [1.54, 1.807) is 23.7 Å². The standard InChI is InChI=1S/C17H16N4O4S2/c1-10-2-4-11(5-3-10)19-14(23)9-21-15(24)12(27-17(21)25)8-13(22)20-16-18-6-7-26-16/h2-7,12H,8-9H2,1H3,(H,19,23)(H,18,20,22). The van der Waals surface area contributed by atoms with Crippen LogP contribution in [0.4, 0.5) is 15.6 Å². The minimum Gasteiger partial charge on any atom is -0.325 e. The second kappa shape index (κ2) is 8.31. The number of anilines is 2. The average Bonchev–Trinajstić information content (AvgIpc) is 3.21. The monoisotopic (exact) mass is 404 g/mol. The SMILES string of the molecule is Cc1ccc(NC(=O)CN2C(=O)SC(CC(=O)Nc3nccs3)C2=O)cc1. The molecule has 2 aromatic rings. The molecule has 1 aliphatic heterocycles. The number of carbonyl (C=O) groups is 4. The van der Waals surface area contributed by atoms with Crippen LogP contribution in [0.3, 0.4) is 0 Å². The molecule has 2 N–H and O–H groups in total. The van der Waals surface area contributed by atoms with E-state index in [-0.39, 0.29) is 13.0 Å². The predicted octanol–water partition coefficient (Wildman–Crippen LogP) is 2.48. The van der Waals surface area contributed by atoms with Crippen molar-refractivity contribution in [3.8, 4) is 0 Å². The van der Waals surface area contributed by atoms with Crippen LogP contribution in [0, 0.1) is 6.92 Å². The molecule has 0 aliphatic carbocycles. The predicted molar refractivity (Wildman–Crippen MR) is 104 cm³/mol. The van der Waals surface area contributed by atoms with Gasteiger partial charge < -0.3 is 10.6 Å². The smallest absolute Gasteiger partial charge is 0.289 e. The lowest BCUT2D eigenvalue weighted by Gasteiger charge is -2.13. The van der Waals surface area contributed by atoms with Crippen LogP contribution in [-0.2, 0) is 14.4 Å². The van der Waals surface area contributed by atoms with E-state index in [4.69, 9.17) is 0 Å². The number of thioether (sulfide) groups is 1. The van der Waals surface area contributed by atoms with Gasteiger partial charge in [0.2, 0.25) is 17.7 Å². The van der Waals surface area contributed by atoms with E-state index in [0.717, 1.165) is 22.2 Å². The Balaban J connectivity index is 1.54. The molecular formula is C17H16N4O4S2. The third-order valence-corrected chi connectivity index (χ3v) is 5.45. The third-order valence-electron chi connectivity index (χ3n) is 3.69. The maximum Gasteiger partial charge on any atom is 0.289 e. The Bertz CT molecular complexity index is 868. The van der Waals surface area contributed by atoms with E-state index in [9.17, 15) is 19.2 Å². The molecule has 0 radical (unpaired) electrons. The molecule has 1 fully saturated rings. The largest absolute Gasteiger partial charge is 0.325 e. The molecule has 1 saturated heterocycles. The normalized spacial score (nSPS) is 16.5. The van der Waals surface area contributed by atoms with Gasteiger partial charge in [-0.25, -0.2) is 4.98 Å². The topological polar surface area (TPSA) is 108 Å². The van der Waals surface area contributed by atoms with Crippen LogP contribution in [0.1, 0.15) is 12.0 Å². The quantitative estimate of drug-likeness (QED) is 0.766. The van der Waals surface area contributed by atoms with Crippen LogP contribution >= 0.6 is 23.1 Å². The number of nitrogens with zero attached hydrogens (tertiary/aromatic N) is 2. The number of hydrogen-bond acceptors (Lipinski definition) is 7. The van der Waals surface area contributed by atoms with Crippen molar-refractivity contribution in [1.82, 2.24) is 9.88 Å². The molecule has 140 valence electrons. The summed E-state index contributed by atoms with van der Waals surface area (Å²) in [7, 11) is 0. The van der Waals surface area contributed by atoms with Gasteiger partial charge in [0.05, 0.1) is 0 Å². The average molecular weight is 404 g/mol. The highest BCUT2D eigenvalue weighted by molar-refractivity contribution is 8.15. The highest BCUT2D eigenvalue weighted by atomic mass is 32.2. The molecule has 4 amide bonds. The molecule has 1 atom stereocenters. The molecule has 1 aromatic heterocycles. The van der Waals surface area contributed by atoms with Crippen molar-refractivity contribution in [2.24, 2.45) is 0 Å². The highest BCUT2D eigenvalue weighted by Gasteiger charge is 2.41. The second-order valence-electron chi connectivity index (χ2n) is 5.80. The summed E-state index contributed by atoms with van der Waals surface area (Å²) in [5.74, 6) is -1.43. The molecule has 0 saturated carbocycles. The van der Waals surface area contributed by atoms with Gasteiger partial charge in [-0.15, -0.1) is 11.3 Å². The number of benzene rings is 1. The second-order valence-corrected chi connectivity index (χ2v) is 7.85. The van der Waals surface area contributed by atoms with Gasteiger partial charge in [-0.2, -0.15) is 0 Å². The minimum absolute atomic E-state index is 0.162. The Morgan fingerprint density at radius 1 is 1.15 bits per heavy atom. The summed E-state index contributed by atoms with van der Waals surface area (Å²) >= 11 is 2.01. The Morgan fingerprint density at radius 2 is 1.89 bits per heavy atom. The lowest BCUT2D eigenvalue weighted by atomic mass is 10.2. The molecule has 27 heavy (non-hydrogen) atoms. The van der Waals surface area contributed by atoms with Gasteiger partial charge in [-0.3, -0.25) is 24.1 Å². The summed E-state index contributed by atoms with van der Waals surface area (Å²) in [4.78, 5) is 53.4. The first-order chi connectivity index (χ1) is 12.9. The number of aromatic nitrogens is 1. The van der Waals surface area contributed by atoms with Crippen molar-refractivity contribution in [1.29, 1.82) is 0 Å². The summed E-state index contributed by atoms with van der Waals surface area (Å²) in [6.45, 7) is 1.54. The fourth-order valence-corrected chi connectivity index (χ4v) is 3.91. The van der Waals surface area contributed by atoms with Crippen LogP contribution in [-0.4, -0.2) is 44.6 Å². The number of hydrogen-bond donors (Lipinski definition) is 2. The summed E-state index contributed by atoms with van der Waals surface area (Å²) in [5, 5.41) is 5.97. The lowest BCUT2D eigenvalue weighted by molar-refractivity contribution is -0.131. The van der Waals surface area contributed by atoms with Gasteiger partial charge >= 0.3 is 0 Å². The van der Waals surface area contributed by atoms with E-state index in [0.29, 0.717) is 10.8 Å². The van der Waals surface area contributed by atoms with Crippen LogP contribution in [0.5, 0.6) is 0 Å². The zero-order valence-corrected chi connectivity index (χ0v) is 15.9. The molecule has 0 bridgehead atoms. The van der Waals surface area contributed by atoms with Crippen LogP contribution in [0.25, 0.3) is 0 Å². The lowest BCUT2D eigenvalue weighted by Crippen LogP contribution is -2.38. The first kappa shape index (κ1) is 19.1. The molecule has 2 heterocycles. The molecule has 3 rings (SSSR count). The Morgan fingerprint density at radius 3 is 2.56 bits per heavy atom. The minimum atomic E-state index is -0.843. The molecule has 1 aliphatic rings. The molecule has 1 unspecified atom stereocenters. The van der Waals surface area contributed by atoms with E-state index in [1.807, 2.05) is 19.1 Å². The number of thiazole rings is 1. The Kier molecular flexibility index (Phi) is 5.87. The van der Waals surface area contributed by atoms with Crippen molar-refractivity contribution in [3.05, 3.63) is 41.4 Å². The number of carbonyl (C=O) groups excluding carboxylic acids is 4. The summed E-state index contributed by atoms with van der Waals surface area (Å²) in [6.07, 6.45) is 1.39. The van der Waals surface area contributed by atoms with E-state index >= 15 is 0 Å². The Hall–Kier alpha value is -2.72. The van der Waals surface area contributed by atoms with Gasteiger partial charge in [0.1, 0.15) is 11.8 Å². The van der Waals surface area contributed by atoms with Crippen LogP contribution in [0.15, 0.2) is 35.8 Å². The van der Waals surface area contributed by atoms with Crippen molar-refractivity contribution < 1.29 is 19.2 Å². The number of imide groups is 1. The molecule has 0 spiro atoms. The number of amides is 4. The summed E-state index contributed by atoms with van der Waals surface area (Å²) in [6, 6.07) is 7.16. The highest BCUT2D eigenvalue weighted by Crippen LogP contribution is 2.29. The molecule has 10 heteroatoms. The molecule has 8 nitrogen and oxygen atoms in total. The number of nitrogens with one attached hydrogen (secondary N) is 2. The van der Waals surface area contributed by atoms with Crippen molar-refractivity contribution >= 4 is 56.9 Å². The van der Waals surface area contributed by atoms with Gasteiger partial charge in [-0.1, -0.05) is 29.5 Å². The molecular weight excluding hydrogens is 388 g/mol. The maximum atomic E-state index is 12.4. The first-order valence-corrected chi connectivity index (χ1v) is 9.76. The molecule has 1 aromatic carbocycles. The van der Waals surface area contributed by atoms with Crippen molar-refractivity contribution in [3.63, 3.8) is 0 Å². The first-order valence-electron chi connectivity index (χ1n) is 8.00. The van der Waals surface area contributed by atoms with E-state index in [2.05, 4.69) is 15.6 Å². The van der Waals surface area contributed by atoms with Crippen molar-refractivity contribution in [2.75, 3.05) is 17.2 Å². The fourth-order valence-electron chi connectivity index (χ4n) is 2.38. The van der Waals surface area contributed by atoms with Crippen molar-refractivity contribution in [2.45, 2.75) is 18.6 Å². The Labute approximate surface area is 163 Å². The van der Waals surface area contributed by atoms with E-state index < -0.39 is 28.2 Å². The number of rotatable bonds is 6. The van der Waals surface area contributed by atoms with Gasteiger partial charge in [0, 0.05) is 23.7 Å². The fraction of sp³-hybridized carbons (Fsp3) is 0.235. The van der Waals surface area contributed by atoms with Gasteiger partial charge in [-0.05, 0) is 19.1 Å². The van der Waals surface area contributed by atoms with Gasteiger partial charge in [0.25, 0.3) is 5.24 Å². The zero-order valence-electron chi connectivity index (χ0n) is 14.3. The van der Waals surface area contributed by atoms with Gasteiger partial charge in [0.15, 0.2) is 5.13 Å².